The number of carbonyl (C=O) groups excluding carboxylic acids is 1. The summed E-state index contributed by atoms with van der Waals surface area (Å²) in [6.45, 7) is 10.0. The Labute approximate surface area is 156 Å². The van der Waals surface area contributed by atoms with Gasteiger partial charge in [0.25, 0.3) is 0 Å². The minimum Gasteiger partial charge on any atom is -0.355 e. The first kappa shape index (κ1) is 17.3. The first-order valence-electron chi connectivity index (χ1n) is 9.96. The monoisotopic (exact) mass is 351 g/mol. The van der Waals surface area contributed by atoms with Crippen LogP contribution < -0.4 is 4.90 Å². The minimum atomic E-state index is 0.299. The second-order valence-electron chi connectivity index (χ2n) is 7.99. The molecule has 4 nitrogen and oxygen atoms in total. The van der Waals surface area contributed by atoms with Gasteiger partial charge in [-0.25, -0.2) is 4.98 Å². The first-order chi connectivity index (χ1) is 12.5. The number of rotatable bonds is 2. The number of aryl methyl sites for hydroxylation is 3. The van der Waals surface area contributed by atoms with E-state index in [9.17, 15) is 4.79 Å². The molecule has 1 saturated heterocycles. The zero-order valence-corrected chi connectivity index (χ0v) is 16.2. The molecule has 2 aliphatic rings. The van der Waals surface area contributed by atoms with Crippen LogP contribution in [0, 0.1) is 26.7 Å². The molecule has 1 aliphatic carbocycles. The molecule has 0 N–H and O–H groups in total. The third kappa shape index (κ3) is 3.06. The Morgan fingerprint density at radius 1 is 1.00 bits per heavy atom. The lowest BCUT2D eigenvalue weighted by atomic mass is 9.84. The van der Waals surface area contributed by atoms with Crippen molar-refractivity contribution in [2.75, 3.05) is 31.1 Å². The van der Waals surface area contributed by atoms with Crippen LogP contribution in [0.25, 0.3) is 10.9 Å². The van der Waals surface area contributed by atoms with Gasteiger partial charge in [-0.05, 0) is 62.8 Å². The van der Waals surface area contributed by atoms with E-state index in [1.165, 1.54) is 28.5 Å². The van der Waals surface area contributed by atoms with Crippen molar-refractivity contribution in [1.29, 1.82) is 0 Å². The summed E-state index contributed by atoms with van der Waals surface area (Å²) in [4.78, 5) is 22.0. The summed E-state index contributed by atoms with van der Waals surface area (Å²) in [5, 5.41) is 1.24. The second kappa shape index (κ2) is 6.90. The van der Waals surface area contributed by atoms with Crippen LogP contribution in [-0.4, -0.2) is 42.0 Å². The van der Waals surface area contributed by atoms with Gasteiger partial charge >= 0.3 is 0 Å². The van der Waals surface area contributed by atoms with Gasteiger partial charge in [0, 0.05) is 37.5 Å². The van der Waals surface area contributed by atoms with Gasteiger partial charge in [-0.2, -0.15) is 0 Å². The largest absolute Gasteiger partial charge is 0.355 e. The molecular formula is C22H29N3O. The van der Waals surface area contributed by atoms with Crippen LogP contribution in [-0.2, 0) is 4.79 Å². The number of fused-ring (bicyclic) bond motifs is 1. The van der Waals surface area contributed by atoms with Crippen molar-refractivity contribution in [2.45, 2.75) is 46.5 Å². The van der Waals surface area contributed by atoms with E-state index in [-0.39, 0.29) is 0 Å². The number of hydrogen-bond donors (Lipinski definition) is 0. The van der Waals surface area contributed by atoms with Crippen LogP contribution in [0.15, 0.2) is 18.2 Å². The highest BCUT2D eigenvalue weighted by molar-refractivity contribution is 5.87. The van der Waals surface area contributed by atoms with Crippen molar-refractivity contribution >= 4 is 22.6 Å². The molecule has 2 aromatic rings. The average Bonchev–Trinajstić information content (AvgIpc) is 2.83. The van der Waals surface area contributed by atoms with Gasteiger partial charge in [0.1, 0.15) is 5.82 Å². The molecule has 0 atom stereocenters. The van der Waals surface area contributed by atoms with Gasteiger partial charge in [-0.15, -0.1) is 0 Å². The van der Waals surface area contributed by atoms with Crippen molar-refractivity contribution in [3.05, 3.63) is 34.9 Å². The van der Waals surface area contributed by atoms with Crippen LogP contribution in [0.2, 0.25) is 0 Å². The molecule has 1 aromatic heterocycles. The molecule has 0 radical (unpaired) electrons. The number of anilines is 1. The van der Waals surface area contributed by atoms with E-state index in [1.54, 1.807) is 0 Å². The predicted octanol–water partition coefficient (Wildman–Crippen LogP) is 4.00. The van der Waals surface area contributed by atoms with E-state index in [0.717, 1.165) is 56.8 Å². The second-order valence-corrected chi connectivity index (χ2v) is 7.99. The molecule has 2 fully saturated rings. The molecule has 138 valence electrons. The summed E-state index contributed by atoms with van der Waals surface area (Å²) >= 11 is 0. The molecule has 1 saturated carbocycles. The summed E-state index contributed by atoms with van der Waals surface area (Å²) < 4.78 is 0. The zero-order chi connectivity index (χ0) is 18.3. The molecule has 1 amide bonds. The normalized spacial score (nSPS) is 18.7. The van der Waals surface area contributed by atoms with E-state index in [4.69, 9.17) is 4.98 Å². The summed E-state index contributed by atoms with van der Waals surface area (Å²) in [5.74, 6) is 1.74. The molecule has 0 spiro atoms. The van der Waals surface area contributed by atoms with Gasteiger partial charge in [-0.1, -0.05) is 18.6 Å². The number of hydrogen-bond acceptors (Lipinski definition) is 3. The van der Waals surface area contributed by atoms with Crippen molar-refractivity contribution in [3.8, 4) is 0 Å². The molecule has 1 aliphatic heterocycles. The zero-order valence-electron chi connectivity index (χ0n) is 16.2. The third-order valence-corrected chi connectivity index (χ3v) is 6.28. The highest BCUT2D eigenvalue weighted by atomic mass is 16.2. The summed E-state index contributed by atoms with van der Waals surface area (Å²) in [5.41, 5.74) is 4.95. The molecule has 4 rings (SSSR count). The third-order valence-electron chi connectivity index (χ3n) is 6.28. The van der Waals surface area contributed by atoms with Crippen LogP contribution in [0.3, 0.4) is 0 Å². The predicted molar refractivity (Wildman–Crippen MR) is 107 cm³/mol. The fraction of sp³-hybridized carbons (Fsp3) is 0.545. The van der Waals surface area contributed by atoms with Crippen LogP contribution >= 0.6 is 0 Å². The number of carbonyl (C=O) groups is 1. The Morgan fingerprint density at radius 2 is 1.81 bits per heavy atom. The summed E-state index contributed by atoms with van der Waals surface area (Å²) in [6, 6.07) is 6.58. The van der Waals surface area contributed by atoms with E-state index in [1.807, 2.05) is 0 Å². The summed E-state index contributed by atoms with van der Waals surface area (Å²) in [7, 11) is 0. The van der Waals surface area contributed by atoms with Gasteiger partial charge in [0.05, 0.1) is 5.52 Å². The molecule has 4 heteroatoms. The molecule has 2 heterocycles. The van der Waals surface area contributed by atoms with E-state index >= 15 is 0 Å². The molecule has 0 unspecified atom stereocenters. The van der Waals surface area contributed by atoms with E-state index in [2.05, 4.69) is 48.8 Å². The Balaban J connectivity index is 1.57. The quantitative estimate of drug-likeness (QED) is 0.820. The molecule has 26 heavy (non-hydrogen) atoms. The fourth-order valence-electron chi connectivity index (χ4n) is 4.12. The van der Waals surface area contributed by atoms with Crippen LogP contribution in [0.1, 0.15) is 42.4 Å². The van der Waals surface area contributed by atoms with Gasteiger partial charge < -0.3 is 9.80 Å². The maximum atomic E-state index is 12.6. The molecule has 1 aromatic carbocycles. The number of nitrogens with zero attached hydrogens (tertiary/aromatic N) is 3. The lowest BCUT2D eigenvalue weighted by Gasteiger charge is -2.31. The molecular weight excluding hydrogens is 322 g/mol. The highest BCUT2D eigenvalue weighted by Crippen LogP contribution is 2.30. The van der Waals surface area contributed by atoms with E-state index < -0.39 is 0 Å². The fourth-order valence-corrected chi connectivity index (χ4v) is 4.12. The number of benzene rings is 1. The topological polar surface area (TPSA) is 36.4 Å². The van der Waals surface area contributed by atoms with Crippen molar-refractivity contribution in [2.24, 2.45) is 5.92 Å². The lowest BCUT2D eigenvalue weighted by Crippen LogP contribution is -2.41. The number of aromatic nitrogens is 1. The van der Waals surface area contributed by atoms with Gasteiger partial charge in [0.15, 0.2) is 0 Å². The van der Waals surface area contributed by atoms with Crippen molar-refractivity contribution in [3.63, 3.8) is 0 Å². The standard InChI is InChI=1S/C22H29N3O/c1-15-8-9-19-16(2)14-20(23-21(19)17(15)3)24-10-5-11-25(13-12-24)22(26)18-6-4-7-18/h8-9,14,18H,4-7,10-13H2,1-3H3. The molecule has 0 bridgehead atoms. The highest BCUT2D eigenvalue weighted by Gasteiger charge is 2.30. The van der Waals surface area contributed by atoms with Crippen LogP contribution in [0.5, 0.6) is 0 Å². The Morgan fingerprint density at radius 3 is 2.54 bits per heavy atom. The minimum absolute atomic E-state index is 0.299. The van der Waals surface area contributed by atoms with Gasteiger partial charge in [-0.3, -0.25) is 4.79 Å². The maximum absolute atomic E-state index is 12.6. The Hall–Kier alpha value is -2.10. The van der Waals surface area contributed by atoms with Crippen molar-refractivity contribution < 1.29 is 4.79 Å². The Bertz CT molecular complexity index is 841. The van der Waals surface area contributed by atoms with Gasteiger partial charge in [0.2, 0.25) is 5.91 Å². The SMILES string of the molecule is Cc1ccc2c(C)cc(N3CCCN(C(=O)C4CCC4)CC3)nc2c1C. The Kier molecular flexibility index (Phi) is 4.60. The lowest BCUT2D eigenvalue weighted by molar-refractivity contribution is -0.137. The van der Waals surface area contributed by atoms with E-state index in [0.29, 0.717) is 11.8 Å². The smallest absolute Gasteiger partial charge is 0.225 e. The maximum Gasteiger partial charge on any atom is 0.225 e. The first-order valence-corrected chi connectivity index (χ1v) is 9.96. The number of amides is 1. The number of pyridine rings is 1. The summed E-state index contributed by atoms with van der Waals surface area (Å²) in [6.07, 6.45) is 4.41. The average molecular weight is 351 g/mol. The van der Waals surface area contributed by atoms with Crippen molar-refractivity contribution in [1.82, 2.24) is 9.88 Å². The van der Waals surface area contributed by atoms with Crippen LogP contribution in [0.4, 0.5) is 5.82 Å².